The van der Waals surface area contributed by atoms with Crippen molar-refractivity contribution in [3.8, 4) is 0 Å². The van der Waals surface area contributed by atoms with Crippen molar-refractivity contribution in [2.24, 2.45) is 40.9 Å². The summed E-state index contributed by atoms with van der Waals surface area (Å²) in [5.41, 5.74) is 16.7. The van der Waals surface area contributed by atoms with Gasteiger partial charge in [-0.15, -0.1) is 0 Å². The number of carbonyl (C=O) groups excluding carboxylic acids is 14. The highest BCUT2D eigenvalue weighted by molar-refractivity contribution is 7.98. The summed E-state index contributed by atoms with van der Waals surface area (Å²) in [6.07, 6.45) is -4.63. The molecule has 0 rings (SSSR count). The van der Waals surface area contributed by atoms with Crippen LogP contribution < -0.4 is 86.3 Å². The van der Waals surface area contributed by atoms with Crippen molar-refractivity contribution in [2.45, 2.75) is 206 Å². The molecule has 24 N–H and O–H groups in total. The van der Waals surface area contributed by atoms with Gasteiger partial charge in [-0.05, 0) is 87.7 Å². The molecule has 0 unspecified atom stereocenters. The number of carboxylic acid groups (broad SMARTS) is 4. The summed E-state index contributed by atoms with van der Waals surface area (Å²) in [5.74, 6) is -22.1. The molecule has 0 aliphatic carbocycles. The first-order valence-corrected chi connectivity index (χ1v) is 34.4. The average molecular weight is 1520 g/mol. The van der Waals surface area contributed by atoms with E-state index in [2.05, 4.69) is 69.1 Å². The van der Waals surface area contributed by atoms with Gasteiger partial charge in [0.05, 0.1) is 45.1 Å². The molecule has 13 atom stereocenters. The second-order valence-corrected chi connectivity index (χ2v) is 25.7. The van der Waals surface area contributed by atoms with Gasteiger partial charge in [-0.1, -0.05) is 68.2 Å². The fourth-order valence-corrected chi connectivity index (χ4v) is 9.33. The Morgan fingerprint density at radius 1 is 0.462 bits per heavy atom. The van der Waals surface area contributed by atoms with Crippen LogP contribution >= 0.6 is 11.8 Å². The van der Waals surface area contributed by atoms with E-state index in [1.165, 1.54) is 32.5 Å². The summed E-state index contributed by atoms with van der Waals surface area (Å²) in [6.45, 7) is 11.3. The SMILES string of the molecule is CC[C@H](C)[C@H](NC(=O)[C@H](C)NC(=O)CNC(=O)[C@H](CCCCN)NC(=O)[C@H](CC(N)=O)NC(=O)[C@H](CO)NC(=O)CNC(=O)[C@@H](NC(=O)[C@H](CC(=O)O)NC(=O)[C@@H](N)CCC(=O)O)C(C)C)C(=O)N[C@H](C(=O)NCC(=O)N[C@@H](CC(C)C)C(=O)N[C@@H](CCSC)C(=O)O)[C@@H](C)CC.O=C(O)C(F)(F)F. The number of carbonyl (C=O) groups is 18. The first-order chi connectivity index (χ1) is 48.3. The molecule has 0 saturated carbocycles. The van der Waals surface area contributed by atoms with Crippen LogP contribution in [0.25, 0.3) is 0 Å². The van der Waals surface area contributed by atoms with Crippen molar-refractivity contribution in [3.05, 3.63) is 0 Å². The molecule has 0 saturated heterocycles. The van der Waals surface area contributed by atoms with Crippen LogP contribution in [0, 0.1) is 23.7 Å². The van der Waals surface area contributed by atoms with Crippen molar-refractivity contribution >= 4 is 118 Å². The van der Waals surface area contributed by atoms with Gasteiger partial charge in [-0.25, -0.2) is 9.59 Å². The summed E-state index contributed by atoms with van der Waals surface area (Å²) in [6, 6.07) is -16.1. The van der Waals surface area contributed by atoms with E-state index in [0.29, 0.717) is 25.0 Å². The summed E-state index contributed by atoms with van der Waals surface area (Å²) >= 11 is 1.39. The molecule has 14 amide bonds. The average Bonchev–Trinajstić information content (AvgIpc) is 0.868. The van der Waals surface area contributed by atoms with Gasteiger partial charge in [0.15, 0.2) is 0 Å². The number of nitrogens with one attached hydrogen (secondary N) is 13. The molecular weight excluding hydrogens is 1410 g/mol. The van der Waals surface area contributed by atoms with Gasteiger partial charge in [-0.3, -0.25) is 76.7 Å². The minimum Gasteiger partial charge on any atom is -0.481 e. The van der Waals surface area contributed by atoms with Crippen LogP contribution in [0.1, 0.15) is 133 Å². The Morgan fingerprint density at radius 3 is 1.34 bits per heavy atom. The molecule has 0 bridgehead atoms. The predicted octanol–water partition coefficient (Wildman–Crippen LogP) is -5.87. The highest BCUT2D eigenvalue weighted by Crippen LogP contribution is 2.15. The molecule has 0 aromatic rings. The van der Waals surface area contributed by atoms with E-state index in [4.69, 9.17) is 32.2 Å². The second kappa shape index (κ2) is 50.0. The number of thioether (sulfide) groups is 1. The first kappa shape index (κ1) is 96.5. The zero-order valence-corrected chi connectivity index (χ0v) is 60.4. The normalized spacial score (nSPS) is 14.8. The third kappa shape index (κ3) is 39.8. The van der Waals surface area contributed by atoms with Gasteiger partial charge in [0.25, 0.3) is 0 Å². The number of primary amides is 1. The van der Waals surface area contributed by atoms with Crippen molar-refractivity contribution in [2.75, 3.05) is 44.8 Å². The Labute approximate surface area is 601 Å². The number of halogens is 3. The van der Waals surface area contributed by atoms with Gasteiger partial charge in [-0.2, -0.15) is 24.9 Å². The molecular formula is C61H103F3N16O23S. The number of carboxylic acids is 4. The zero-order chi connectivity index (χ0) is 80.5. The molecule has 0 aromatic carbocycles. The summed E-state index contributed by atoms with van der Waals surface area (Å²) in [5, 5.41) is 75.8. The van der Waals surface area contributed by atoms with Gasteiger partial charge in [0.1, 0.15) is 60.4 Å². The Bertz CT molecular complexity index is 2950. The number of aliphatic hydroxyl groups is 1. The largest absolute Gasteiger partial charge is 0.490 e. The number of rotatable bonds is 49. The lowest BCUT2D eigenvalue weighted by Crippen LogP contribution is -2.60. The Hall–Kier alpha value is -9.52. The van der Waals surface area contributed by atoms with Crippen LogP contribution in [-0.2, 0) is 86.3 Å². The third-order valence-corrected chi connectivity index (χ3v) is 15.8. The van der Waals surface area contributed by atoms with Gasteiger partial charge < -0.3 is 112 Å². The van der Waals surface area contributed by atoms with E-state index in [1.54, 1.807) is 47.8 Å². The highest BCUT2D eigenvalue weighted by atomic mass is 32.2. The maximum atomic E-state index is 14.0. The number of hydrogen-bond acceptors (Lipinski definition) is 22. The molecule has 592 valence electrons. The molecule has 0 fully saturated rings. The lowest BCUT2D eigenvalue weighted by Gasteiger charge is -2.29. The fourth-order valence-electron chi connectivity index (χ4n) is 8.86. The van der Waals surface area contributed by atoms with Crippen LogP contribution in [-0.4, -0.2) is 250 Å². The van der Waals surface area contributed by atoms with E-state index in [1.807, 2.05) is 0 Å². The summed E-state index contributed by atoms with van der Waals surface area (Å²) in [4.78, 5) is 229. The molecule has 0 heterocycles. The molecule has 0 aliphatic rings. The van der Waals surface area contributed by atoms with Gasteiger partial charge in [0, 0.05) is 6.42 Å². The minimum absolute atomic E-state index is 0.107. The van der Waals surface area contributed by atoms with Crippen LogP contribution in [0.4, 0.5) is 13.2 Å². The number of hydrogen-bond donors (Lipinski definition) is 21. The quantitative estimate of drug-likeness (QED) is 0.0252. The minimum atomic E-state index is -5.08. The van der Waals surface area contributed by atoms with Crippen molar-refractivity contribution in [1.82, 2.24) is 69.1 Å². The maximum absolute atomic E-state index is 14.0. The third-order valence-electron chi connectivity index (χ3n) is 15.2. The maximum Gasteiger partial charge on any atom is 0.490 e. The van der Waals surface area contributed by atoms with E-state index in [-0.39, 0.29) is 44.6 Å². The van der Waals surface area contributed by atoms with Gasteiger partial charge >= 0.3 is 30.1 Å². The zero-order valence-electron chi connectivity index (χ0n) is 59.5. The highest BCUT2D eigenvalue weighted by Gasteiger charge is 2.39. The molecule has 0 aliphatic heterocycles. The van der Waals surface area contributed by atoms with E-state index in [9.17, 15) is 110 Å². The Balaban J connectivity index is 0. The second-order valence-electron chi connectivity index (χ2n) is 24.7. The fraction of sp³-hybridized carbons (Fsp3) is 0.705. The molecule has 39 nitrogen and oxygen atoms in total. The number of aliphatic carboxylic acids is 4. The number of nitrogens with two attached hydrogens (primary N) is 3. The molecule has 43 heteroatoms. The Kier molecular flexibility index (Phi) is 46.4. The first-order valence-electron chi connectivity index (χ1n) is 33.0. The van der Waals surface area contributed by atoms with Crippen LogP contribution in [0.2, 0.25) is 0 Å². The smallest absolute Gasteiger partial charge is 0.481 e. The number of unbranched alkanes of at least 4 members (excludes halogenated alkanes) is 1. The van der Waals surface area contributed by atoms with E-state index < -0.39 is 242 Å². The van der Waals surface area contributed by atoms with Gasteiger partial charge in [0.2, 0.25) is 82.7 Å². The van der Waals surface area contributed by atoms with Crippen molar-refractivity contribution < 1.29 is 125 Å². The monoisotopic (exact) mass is 1520 g/mol. The predicted molar refractivity (Wildman–Crippen MR) is 362 cm³/mol. The lowest BCUT2D eigenvalue weighted by atomic mass is 9.94. The Morgan fingerprint density at radius 2 is 0.885 bits per heavy atom. The van der Waals surface area contributed by atoms with Crippen molar-refractivity contribution in [3.63, 3.8) is 0 Å². The number of amides is 14. The van der Waals surface area contributed by atoms with Crippen LogP contribution in [0.15, 0.2) is 0 Å². The summed E-state index contributed by atoms with van der Waals surface area (Å²) in [7, 11) is 0. The van der Waals surface area contributed by atoms with Crippen LogP contribution in [0.5, 0.6) is 0 Å². The lowest BCUT2D eigenvalue weighted by molar-refractivity contribution is -0.192. The topological polar surface area (TPSA) is 643 Å². The molecule has 0 radical (unpaired) electrons. The number of alkyl halides is 3. The van der Waals surface area contributed by atoms with Crippen LogP contribution in [0.3, 0.4) is 0 Å². The van der Waals surface area contributed by atoms with Crippen molar-refractivity contribution in [1.29, 1.82) is 0 Å². The van der Waals surface area contributed by atoms with E-state index in [0.717, 1.165) is 0 Å². The standard InChI is InChI=1S/C59H102N16O21S.C2HF3O2/c1-11-30(7)47(57(93)65-25-42(79)67-36(21-28(3)4)52(88)70-35(59(95)96)18-20-97-10)75-58(94)48(31(8)12-2)74-49(85)32(9)66-41(78)24-63-51(87)34(15-13-14-19-60)69-53(89)37(22-40(62)77)72-55(91)39(27-76)68-43(80)26-64-56(92)46(29(5)6)73-54(90)38(23-45(83)84)71-50(86)33(61)16-17-44(81)82;3-2(4,5)1(6)7/h28-39,46-48,76H,11-27,60-61H2,1-10H3,(H2,62,77)(H,63,87)(H,64,92)(H,65,93)(H,66,78)(H,67,79)(H,68,80)(H,69,89)(H,70,88)(H,71,86)(H,72,91)(H,73,90)(H,74,85)(H,75,94)(H,81,82)(H,83,84)(H,95,96);(H,6,7)/t30-,31-,32-,33-,34-,35-,36-,37-,38-,39-,46-,47-,48-;/m0./s1. The van der Waals surface area contributed by atoms with E-state index >= 15 is 0 Å². The molecule has 0 aromatic heterocycles. The number of aliphatic hydroxyl groups excluding tert-OH is 1. The molecule has 0 spiro atoms. The summed E-state index contributed by atoms with van der Waals surface area (Å²) < 4.78 is 31.7. The molecule has 104 heavy (non-hydrogen) atoms.